The average molecular weight is 616 g/mol. The molecule has 1 aromatic heterocycles. The molecule has 3 aromatic rings. The Hall–Kier alpha value is -4.66. The molecule has 0 bridgehead atoms. The Morgan fingerprint density at radius 3 is 2.11 bits per heavy atom. The number of carboxylic acids is 2. The van der Waals surface area contributed by atoms with E-state index in [1.807, 2.05) is 12.1 Å². The molecule has 0 fully saturated rings. The quantitative estimate of drug-likeness (QED) is 0.0801. The smallest absolute Gasteiger partial charge is 0.335 e. The summed E-state index contributed by atoms with van der Waals surface area (Å²) in [6, 6.07) is 18.0. The Morgan fingerprint density at radius 1 is 0.800 bits per heavy atom. The van der Waals surface area contributed by atoms with Crippen LogP contribution in [0.15, 0.2) is 79.0 Å². The first-order valence-corrected chi connectivity index (χ1v) is 15.9. The van der Waals surface area contributed by atoms with Crippen molar-refractivity contribution in [3.8, 4) is 5.75 Å². The molecule has 0 saturated heterocycles. The van der Waals surface area contributed by atoms with Crippen LogP contribution in [-0.2, 0) is 4.79 Å². The van der Waals surface area contributed by atoms with Gasteiger partial charge in [0.25, 0.3) is 5.91 Å². The van der Waals surface area contributed by atoms with E-state index in [9.17, 15) is 24.6 Å². The molecule has 2 aromatic carbocycles. The fraction of sp³-hybridized carbons (Fsp3) is 0.389. The predicted molar refractivity (Wildman–Crippen MR) is 178 cm³/mol. The Balaban J connectivity index is 1.56. The summed E-state index contributed by atoms with van der Waals surface area (Å²) in [5.41, 5.74) is 1.04. The number of anilines is 3. The summed E-state index contributed by atoms with van der Waals surface area (Å²) in [5.74, 6) is -1.81. The summed E-state index contributed by atoms with van der Waals surface area (Å²) < 4.78 is 6.01. The van der Waals surface area contributed by atoms with Gasteiger partial charge in [0.2, 0.25) is 0 Å². The zero-order chi connectivity index (χ0) is 32.3. The number of hydrogen-bond donors (Lipinski definition) is 3. The van der Waals surface area contributed by atoms with Crippen molar-refractivity contribution < 1.29 is 29.3 Å². The van der Waals surface area contributed by atoms with Crippen molar-refractivity contribution in [3.05, 3.63) is 90.3 Å². The summed E-state index contributed by atoms with van der Waals surface area (Å²) in [4.78, 5) is 41.6. The molecule has 0 aliphatic rings. The van der Waals surface area contributed by atoms with Gasteiger partial charge in [0.15, 0.2) is 0 Å². The van der Waals surface area contributed by atoms with Gasteiger partial charge in [-0.3, -0.25) is 4.79 Å². The van der Waals surface area contributed by atoms with E-state index in [2.05, 4.69) is 17.2 Å². The lowest BCUT2D eigenvalue weighted by atomic mass is 10.1. The molecule has 0 atom stereocenters. The number of carboxylic acid groups (broad SMARTS) is 2. The normalized spacial score (nSPS) is 11.0. The highest BCUT2D eigenvalue weighted by atomic mass is 16.5. The second-order valence-corrected chi connectivity index (χ2v) is 11.0. The van der Waals surface area contributed by atoms with Crippen LogP contribution in [0.2, 0.25) is 0 Å². The van der Waals surface area contributed by atoms with Crippen LogP contribution in [0.25, 0.3) is 0 Å². The molecule has 1 amide bonds. The van der Waals surface area contributed by atoms with Crippen LogP contribution >= 0.6 is 0 Å². The number of nitrogens with one attached hydrogen (secondary N) is 1. The van der Waals surface area contributed by atoms with Crippen LogP contribution < -0.4 is 15.0 Å². The number of carbonyl (C=O) groups is 3. The van der Waals surface area contributed by atoms with Gasteiger partial charge in [-0.2, -0.15) is 0 Å². The van der Waals surface area contributed by atoms with Crippen LogP contribution in [0.4, 0.5) is 17.2 Å². The van der Waals surface area contributed by atoms with E-state index in [0.717, 1.165) is 18.9 Å². The molecule has 1 heterocycles. The summed E-state index contributed by atoms with van der Waals surface area (Å²) in [6.07, 6.45) is 17.6. The molecular weight excluding hydrogens is 570 g/mol. The van der Waals surface area contributed by atoms with Gasteiger partial charge in [0.05, 0.1) is 17.9 Å². The fourth-order valence-electron chi connectivity index (χ4n) is 4.90. The van der Waals surface area contributed by atoms with Crippen LogP contribution in [0, 0.1) is 0 Å². The van der Waals surface area contributed by atoms with E-state index in [4.69, 9.17) is 4.74 Å². The van der Waals surface area contributed by atoms with Crippen molar-refractivity contribution >= 4 is 35.0 Å². The highest BCUT2D eigenvalue weighted by molar-refractivity contribution is 6.03. The first kappa shape index (κ1) is 34.8. The standard InChI is InChI=1S/C36H45N3O6/c1-2-3-4-5-6-7-8-9-10-11-12-13-25-45-31-20-15-19-30(27-31)39(24-23-34(40)41)33-22-16-21-32(38-33)35(42)37-29-18-14-17-28(26-29)36(43)44/h14-24,26-27H,2-13,25H2,1H3,(H,37,42)(H,40,41)(H,43,44)/b24-23+. The Labute approximate surface area is 266 Å². The topological polar surface area (TPSA) is 129 Å². The fourth-order valence-corrected chi connectivity index (χ4v) is 4.90. The number of aliphatic carboxylic acids is 1. The second kappa shape index (κ2) is 19.6. The number of ether oxygens (including phenoxy) is 1. The monoisotopic (exact) mass is 615 g/mol. The average Bonchev–Trinajstić information content (AvgIpc) is 3.03. The maximum Gasteiger partial charge on any atom is 0.335 e. The zero-order valence-corrected chi connectivity index (χ0v) is 26.1. The Bertz CT molecular complexity index is 1410. The van der Waals surface area contributed by atoms with Crippen molar-refractivity contribution in [2.24, 2.45) is 0 Å². The van der Waals surface area contributed by atoms with Gasteiger partial charge in [-0.25, -0.2) is 14.6 Å². The van der Waals surface area contributed by atoms with Crippen molar-refractivity contribution in [3.63, 3.8) is 0 Å². The van der Waals surface area contributed by atoms with Crippen LogP contribution in [-0.4, -0.2) is 39.6 Å². The molecule has 3 N–H and O–H groups in total. The third-order valence-corrected chi connectivity index (χ3v) is 7.31. The number of amides is 1. The van der Waals surface area contributed by atoms with Gasteiger partial charge < -0.3 is 25.2 Å². The van der Waals surface area contributed by atoms with E-state index in [0.29, 0.717) is 29.5 Å². The van der Waals surface area contributed by atoms with Crippen molar-refractivity contribution in [2.75, 3.05) is 16.8 Å². The van der Waals surface area contributed by atoms with Crippen molar-refractivity contribution in [2.45, 2.75) is 84.0 Å². The summed E-state index contributed by atoms with van der Waals surface area (Å²) in [5, 5.41) is 21.2. The van der Waals surface area contributed by atoms with Crippen molar-refractivity contribution in [1.82, 2.24) is 4.98 Å². The van der Waals surface area contributed by atoms with Gasteiger partial charge in [-0.15, -0.1) is 0 Å². The molecule has 0 aliphatic carbocycles. The molecule has 0 saturated carbocycles. The summed E-state index contributed by atoms with van der Waals surface area (Å²) in [6.45, 7) is 2.83. The van der Waals surface area contributed by atoms with E-state index in [1.54, 1.807) is 35.2 Å². The number of pyridine rings is 1. The number of nitrogens with zero attached hydrogens (tertiary/aromatic N) is 2. The van der Waals surface area contributed by atoms with Gasteiger partial charge >= 0.3 is 11.9 Å². The first-order valence-electron chi connectivity index (χ1n) is 15.9. The largest absolute Gasteiger partial charge is 0.494 e. The maximum atomic E-state index is 13.0. The number of unbranched alkanes of at least 4 members (excludes halogenated alkanes) is 11. The van der Waals surface area contributed by atoms with Gasteiger partial charge in [-0.1, -0.05) is 95.8 Å². The van der Waals surface area contributed by atoms with Crippen LogP contribution in [0.5, 0.6) is 5.75 Å². The molecule has 0 spiro atoms. The molecule has 45 heavy (non-hydrogen) atoms. The van der Waals surface area contributed by atoms with Gasteiger partial charge in [0.1, 0.15) is 17.3 Å². The summed E-state index contributed by atoms with van der Waals surface area (Å²) >= 11 is 0. The predicted octanol–water partition coefficient (Wildman–Crippen LogP) is 8.85. The number of carbonyl (C=O) groups excluding carboxylic acids is 1. The number of aromatic nitrogens is 1. The molecule has 0 aliphatic heterocycles. The van der Waals surface area contributed by atoms with Crippen molar-refractivity contribution in [1.29, 1.82) is 0 Å². The van der Waals surface area contributed by atoms with Gasteiger partial charge in [0, 0.05) is 24.0 Å². The minimum Gasteiger partial charge on any atom is -0.494 e. The zero-order valence-electron chi connectivity index (χ0n) is 26.1. The highest BCUT2D eigenvalue weighted by Gasteiger charge is 2.15. The van der Waals surface area contributed by atoms with Crippen LogP contribution in [0.1, 0.15) is 105 Å². The Morgan fingerprint density at radius 2 is 1.44 bits per heavy atom. The third-order valence-electron chi connectivity index (χ3n) is 7.31. The molecular formula is C36H45N3O6. The van der Waals surface area contributed by atoms with Gasteiger partial charge in [-0.05, 0) is 48.9 Å². The number of rotatable bonds is 21. The van der Waals surface area contributed by atoms with Crippen LogP contribution in [0.3, 0.4) is 0 Å². The third kappa shape index (κ3) is 12.8. The lowest BCUT2D eigenvalue weighted by Crippen LogP contribution is -2.17. The highest BCUT2D eigenvalue weighted by Crippen LogP contribution is 2.28. The molecule has 0 unspecified atom stereocenters. The minimum absolute atomic E-state index is 0.0420. The first-order chi connectivity index (χ1) is 21.9. The lowest BCUT2D eigenvalue weighted by molar-refractivity contribution is -0.131. The molecule has 240 valence electrons. The van der Waals surface area contributed by atoms with E-state index in [1.165, 1.54) is 94.7 Å². The molecule has 9 heteroatoms. The number of benzene rings is 2. The molecule has 9 nitrogen and oxygen atoms in total. The summed E-state index contributed by atoms with van der Waals surface area (Å²) in [7, 11) is 0. The Kier molecular flexibility index (Phi) is 15.2. The lowest BCUT2D eigenvalue weighted by Gasteiger charge is -2.21. The van der Waals surface area contributed by atoms with E-state index in [-0.39, 0.29) is 11.3 Å². The minimum atomic E-state index is -1.13. The molecule has 3 rings (SSSR count). The van der Waals surface area contributed by atoms with E-state index < -0.39 is 17.8 Å². The number of hydrogen-bond acceptors (Lipinski definition) is 6. The number of aromatic carboxylic acids is 1. The molecule has 0 radical (unpaired) electrons. The van der Waals surface area contributed by atoms with E-state index >= 15 is 0 Å². The second-order valence-electron chi connectivity index (χ2n) is 11.0. The SMILES string of the molecule is CCCCCCCCCCCCCCOc1cccc(N(/C=C/C(=O)O)c2cccc(C(=O)Nc3cccc(C(=O)O)c3)n2)c1. The maximum absolute atomic E-state index is 13.0.